The van der Waals surface area contributed by atoms with Gasteiger partial charge in [-0.05, 0) is 49.1 Å². The molecule has 3 aromatic carbocycles. The molecular weight excluding hydrogens is 510 g/mol. The van der Waals surface area contributed by atoms with Crippen LogP contribution in [0.4, 0.5) is 0 Å². The van der Waals surface area contributed by atoms with E-state index in [-0.39, 0.29) is 22.8 Å². The predicted molar refractivity (Wildman–Crippen MR) is 156 cm³/mol. The number of ether oxygens (including phenoxy) is 1. The minimum Gasteiger partial charge on any atom is -0.504 e. The number of para-hydroxylation sites is 1. The molecule has 4 aromatic rings. The smallest absolute Gasteiger partial charge is 0.250 e. The molecule has 0 fully saturated rings. The van der Waals surface area contributed by atoms with E-state index in [0.29, 0.717) is 28.9 Å². The number of nitrogens with one attached hydrogen (secondary N) is 1. The second kappa shape index (κ2) is 12.2. The van der Waals surface area contributed by atoms with Crippen molar-refractivity contribution >= 4 is 23.9 Å². The highest BCUT2D eigenvalue weighted by Gasteiger charge is 2.19. The Morgan fingerprint density at radius 2 is 1.79 bits per heavy atom. The van der Waals surface area contributed by atoms with Gasteiger partial charge in [0.1, 0.15) is 0 Å². The third-order valence-electron chi connectivity index (χ3n) is 5.99. The number of hydrogen-bond acceptors (Lipinski definition) is 7. The lowest BCUT2D eigenvalue weighted by atomic mass is 9.87. The highest BCUT2D eigenvalue weighted by atomic mass is 32.2. The molecule has 0 saturated carbocycles. The van der Waals surface area contributed by atoms with E-state index in [9.17, 15) is 9.90 Å². The van der Waals surface area contributed by atoms with Gasteiger partial charge in [-0.25, -0.2) is 5.43 Å². The summed E-state index contributed by atoms with van der Waals surface area (Å²) >= 11 is 1.27. The number of hydrazone groups is 1. The fraction of sp³-hybridized carbons (Fsp3) is 0.267. The van der Waals surface area contributed by atoms with Gasteiger partial charge in [-0.15, -0.1) is 10.2 Å². The van der Waals surface area contributed by atoms with Gasteiger partial charge in [0.05, 0.1) is 18.6 Å². The number of benzene rings is 3. The molecule has 8 nitrogen and oxygen atoms in total. The highest BCUT2D eigenvalue weighted by Crippen LogP contribution is 2.31. The number of carbonyl (C=O) groups is 1. The van der Waals surface area contributed by atoms with Gasteiger partial charge in [0, 0.05) is 16.8 Å². The van der Waals surface area contributed by atoms with Gasteiger partial charge in [-0.1, -0.05) is 80.6 Å². The molecule has 0 aliphatic rings. The van der Waals surface area contributed by atoms with Gasteiger partial charge in [0.15, 0.2) is 22.5 Å². The van der Waals surface area contributed by atoms with E-state index in [2.05, 4.69) is 65.8 Å². The van der Waals surface area contributed by atoms with Crippen molar-refractivity contribution in [2.75, 3.05) is 12.4 Å². The van der Waals surface area contributed by atoms with Crippen LogP contribution < -0.4 is 10.2 Å². The number of aryl methyl sites for hydroxylation is 1. The highest BCUT2D eigenvalue weighted by molar-refractivity contribution is 7.99. The van der Waals surface area contributed by atoms with Crippen LogP contribution in [0, 0.1) is 6.92 Å². The molecule has 0 unspecified atom stereocenters. The topological polar surface area (TPSA) is 102 Å². The Kier molecular flexibility index (Phi) is 8.71. The van der Waals surface area contributed by atoms with Crippen LogP contribution in [0.25, 0.3) is 17.1 Å². The number of thioether (sulfide) groups is 1. The molecule has 0 atom stereocenters. The number of aromatic hydroxyl groups is 1. The summed E-state index contributed by atoms with van der Waals surface area (Å²) in [5, 5.41) is 23.8. The molecule has 39 heavy (non-hydrogen) atoms. The second-order valence-corrected chi connectivity index (χ2v) is 11.0. The molecule has 202 valence electrons. The Bertz CT molecular complexity index is 1460. The number of rotatable bonds is 9. The maximum absolute atomic E-state index is 12.6. The third kappa shape index (κ3) is 6.86. The lowest BCUT2D eigenvalue weighted by molar-refractivity contribution is -0.118. The largest absolute Gasteiger partial charge is 0.504 e. The Labute approximate surface area is 233 Å². The Balaban J connectivity index is 1.51. The SMILES string of the molecule is CCOc1cccc(C=NNC(=O)CSc2nnc(-c3ccc(C(C)(C)C)cc3)n2-c2ccc(C)cc2)c1O. The summed E-state index contributed by atoms with van der Waals surface area (Å²) in [6.45, 7) is 10.8. The fourth-order valence-electron chi connectivity index (χ4n) is 3.85. The van der Waals surface area contributed by atoms with E-state index < -0.39 is 0 Å². The van der Waals surface area contributed by atoms with Crippen molar-refractivity contribution in [2.45, 2.75) is 45.2 Å². The number of phenols is 1. The summed E-state index contributed by atoms with van der Waals surface area (Å²) in [7, 11) is 0. The predicted octanol–water partition coefficient (Wildman–Crippen LogP) is 5.89. The number of hydrogen-bond donors (Lipinski definition) is 2. The molecule has 1 heterocycles. The average molecular weight is 544 g/mol. The number of nitrogens with zero attached hydrogens (tertiary/aromatic N) is 4. The molecule has 2 N–H and O–H groups in total. The van der Waals surface area contributed by atoms with Crippen LogP contribution in [0.1, 0.15) is 44.4 Å². The zero-order chi connectivity index (χ0) is 28.0. The van der Waals surface area contributed by atoms with E-state index in [1.165, 1.54) is 23.5 Å². The molecule has 0 saturated heterocycles. The molecule has 0 bridgehead atoms. The van der Waals surface area contributed by atoms with E-state index in [1.54, 1.807) is 18.2 Å². The summed E-state index contributed by atoms with van der Waals surface area (Å²) in [5.74, 6) is 0.801. The van der Waals surface area contributed by atoms with Crippen molar-refractivity contribution in [3.05, 3.63) is 83.4 Å². The van der Waals surface area contributed by atoms with Crippen molar-refractivity contribution in [3.63, 3.8) is 0 Å². The molecule has 1 aromatic heterocycles. The second-order valence-electron chi connectivity index (χ2n) is 10.0. The fourth-order valence-corrected chi connectivity index (χ4v) is 4.59. The monoisotopic (exact) mass is 543 g/mol. The summed E-state index contributed by atoms with van der Waals surface area (Å²) in [6.07, 6.45) is 1.38. The lowest BCUT2D eigenvalue weighted by Gasteiger charge is -2.19. The minimum atomic E-state index is -0.314. The molecule has 9 heteroatoms. The summed E-state index contributed by atoms with van der Waals surface area (Å²) in [5.41, 5.74) is 7.22. The number of aromatic nitrogens is 3. The van der Waals surface area contributed by atoms with E-state index in [0.717, 1.165) is 16.8 Å². The van der Waals surface area contributed by atoms with Crippen LogP contribution in [0.2, 0.25) is 0 Å². The van der Waals surface area contributed by atoms with Gasteiger partial charge < -0.3 is 9.84 Å². The van der Waals surface area contributed by atoms with Crippen molar-refractivity contribution in [1.29, 1.82) is 0 Å². The van der Waals surface area contributed by atoms with Crippen LogP contribution in [-0.4, -0.2) is 44.4 Å². The van der Waals surface area contributed by atoms with Crippen LogP contribution in [0.5, 0.6) is 11.5 Å². The maximum atomic E-state index is 12.6. The van der Waals surface area contributed by atoms with Crippen molar-refractivity contribution in [2.24, 2.45) is 5.10 Å². The van der Waals surface area contributed by atoms with E-state index >= 15 is 0 Å². The van der Waals surface area contributed by atoms with Gasteiger partial charge in [-0.3, -0.25) is 9.36 Å². The van der Waals surface area contributed by atoms with Crippen molar-refractivity contribution in [1.82, 2.24) is 20.2 Å². The first-order valence-electron chi connectivity index (χ1n) is 12.7. The van der Waals surface area contributed by atoms with Gasteiger partial charge in [0.25, 0.3) is 5.91 Å². The van der Waals surface area contributed by atoms with E-state index in [4.69, 9.17) is 4.74 Å². The van der Waals surface area contributed by atoms with Crippen LogP contribution in [0.15, 0.2) is 77.0 Å². The first-order chi connectivity index (χ1) is 18.7. The minimum absolute atomic E-state index is 0.0269. The standard InChI is InChI=1S/C30H33N5O3S/c1-6-38-25-9-7-8-22(27(25)37)18-31-32-26(36)19-39-29-34-33-28(35(29)24-16-10-20(2)11-17-24)21-12-14-23(15-13-21)30(3,4)5/h7-18,37H,6,19H2,1-5H3,(H,32,36). The molecule has 1 amide bonds. The molecule has 0 spiro atoms. The Morgan fingerprint density at radius 3 is 2.46 bits per heavy atom. The first kappa shape index (κ1) is 27.9. The average Bonchev–Trinajstić information content (AvgIpc) is 3.33. The molecule has 0 aliphatic heterocycles. The third-order valence-corrected chi connectivity index (χ3v) is 6.92. The Morgan fingerprint density at radius 1 is 1.08 bits per heavy atom. The van der Waals surface area contributed by atoms with Crippen molar-refractivity contribution < 1.29 is 14.6 Å². The van der Waals surface area contributed by atoms with Gasteiger partial charge in [-0.2, -0.15) is 5.10 Å². The van der Waals surface area contributed by atoms with Crippen molar-refractivity contribution in [3.8, 4) is 28.6 Å². The summed E-state index contributed by atoms with van der Waals surface area (Å²) < 4.78 is 7.35. The van der Waals surface area contributed by atoms with Crippen LogP contribution in [-0.2, 0) is 10.2 Å². The molecule has 0 aliphatic carbocycles. The zero-order valence-electron chi connectivity index (χ0n) is 22.8. The quantitative estimate of drug-likeness (QED) is 0.155. The summed E-state index contributed by atoms with van der Waals surface area (Å²) in [6, 6.07) is 21.5. The molecule has 4 rings (SSSR count). The number of amides is 1. The molecule has 0 radical (unpaired) electrons. The van der Waals surface area contributed by atoms with Crippen LogP contribution >= 0.6 is 11.8 Å². The number of carbonyl (C=O) groups excluding carboxylic acids is 1. The molecular formula is C30H33N5O3S. The zero-order valence-corrected chi connectivity index (χ0v) is 23.6. The summed E-state index contributed by atoms with van der Waals surface area (Å²) in [4.78, 5) is 12.6. The first-order valence-corrected chi connectivity index (χ1v) is 13.7. The normalized spacial score (nSPS) is 11.6. The number of phenolic OH excluding ortho intramolecular Hbond substituents is 1. The van der Waals surface area contributed by atoms with Crippen LogP contribution in [0.3, 0.4) is 0 Å². The van der Waals surface area contributed by atoms with Gasteiger partial charge in [0.2, 0.25) is 0 Å². The van der Waals surface area contributed by atoms with Gasteiger partial charge >= 0.3 is 0 Å². The lowest BCUT2D eigenvalue weighted by Crippen LogP contribution is -2.20. The van der Waals surface area contributed by atoms with E-state index in [1.807, 2.05) is 42.7 Å². The maximum Gasteiger partial charge on any atom is 0.250 e. The Hall–Kier alpha value is -4.11.